The van der Waals surface area contributed by atoms with Gasteiger partial charge in [0.15, 0.2) is 21.1 Å². The summed E-state index contributed by atoms with van der Waals surface area (Å²) in [7, 11) is -3.83. The van der Waals surface area contributed by atoms with E-state index in [1.807, 2.05) is 26.8 Å². The van der Waals surface area contributed by atoms with E-state index in [4.69, 9.17) is 4.42 Å². The second kappa shape index (κ2) is 9.35. The van der Waals surface area contributed by atoms with Gasteiger partial charge >= 0.3 is 0 Å². The third-order valence-corrected chi connectivity index (χ3v) is 9.02. The lowest BCUT2D eigenvalue weighted by Crippen LogP contribution is -2.30. The summed E-state index contributed by atoms with van der Waals surface area (Å²) in [6.07, 6.45) is 1.57. The minimum Gasteiger partial charge on any atom is -0.546 e. The lowest BCUT2D eigenvalue weighted by atomic mass is 9.85. The Kier molecular flexibility index (Phi) is 7.15. The highest BCUT2D eigenvalue weighted by Crippen LogP contribution is 2.43. The molecule has 3 aromatic rings. The van der Waals surface area contributed by atoms with Crippen molar-refractivity contribution in [2.24, 2.45) is 5.41 Å². The molecule has 0 aliphatic heterocycles. The van der Waals surface area contributed by atoms with E-state index >= 15 is 0 Å². The smallest absolute Gasteiger partial charge is 0.256 e. The average molecular weight is 502 g/mol. The Morgan fingerprint density at radius 3 is 2.50 bits per heavy atom. The van der Waals surface area contributed by atoms with Crippen LogP contribution >= 0.6 is 22.5 Å². The molecule has 0 saturated carbocycles. The van der Waals surface area contributed by atoms with Crippen molar-refractivity contribution in [2.75, 3.05) is 23.7 Å². The fourth-order valence-corrected chi connectivity index (χ4v) is 6.62. The van der Waals surface area contributed by atoms with E-state index in [1.54, 1.807) is 26.2 Å². The number of nitrogens with one attached hydrogen (secondary N) is 2. The van der Waals surface area contributed by atoms with Gasteiger partial charge in [0.25, 0.3) is 10.0 Å². The highest BCUT2D eigenvalue weighted by Gasteiger charge is 2.33. The Morgan fingerprint density at radius 1 is 1.28 bits per heavy atom. The van der Waals surface area contributed by atoms with E-state index in [0.717, 1.165) is 11.3 Å². The Morgan fingerprint density at radius 2 is 1.94 bits per heavy atom. The lowest BCUT2D eigenvalue weighted by Gasteiger charge is -2.29. The summed E-state index contributed by atoms with van der Waals surface area (Å²) >= 11 is -0.963. The van der Waals surface area contributed by atoms with Gasteiger partial charge in [0, 0.05) is 27.2 Å². The Bertz CT molecular complexity index is 1140. The second-order valence-corrected chi connectivity index (χ2v) is 11.9. The zero-order valence-electron chi connectivity index (χ0n) is 18.4. The molecule has 3 rings (SSSR count). The quantitative estimate of drug-likeness (QED) is 0.360. The molecule has 2 atom stereocenters. The number of nitrogens with zero attached hydrogens (tertiary/aromatic N) is 3. The molecule has 3 heterocycles. The monoisotopic (exact) mass is 501 g/mol. The average Bonchev–Trinajstić information content (AvgIpc) is 3.42. The van der Waals surface area contributed by atoms with Crippen LogP contribution in [-0.4, -0.2) is 44.2 Å². The minimum atomic E-state index is -3.83. The number of furan rings is 1. The van der Waals surface area contributed by atoms with Crippen molar-refractivity contribution in [3.8, 4) is 5.75 Å². The van der Waals surface area contributed by atoms with Crippen LogP contribution in [0.3, 0.4) is 0 Å². The molecule has 0 bridgehead atoms. The highest BCUT2D eigenvalue weighted by molar-refractivity contribution is 7.91. The number of hydrogen-bond donors (Lipinski definition) is 3. The van der Waals surface area contributed by atoms with E-state index in [0.29, 0.717) is 5.76 Å². The molecule has 0 fully saturated rings. The zero-order valence-corrected chi connectivity index (χ0v) is 20.9. The number of sulfonamides is 1. The van der Waals surface area contributed by atoms with E-state index < -0.39 is 26.9 Å². The van der Waals surface area contributed by atoms with Crippen LogP contribution in [0.1, 0.15) is 46.4 Å². The molecule has 0 saturated heterocycles. The predicted molar refractivity (Wildman–Crippen MR) is 125 cm³/mol. The van der Waals surface area contributed by atoms with Gasteiger partial charge in [-0.25, -0.2) is 8.42 Å². The van der Waals surface area contributed by atoms with E-state index in [-0.39, 0.29) is 46.1 Å². The Hall–Kier alpha value is -2.19. The molecule has 10 nitrogen and oxygen atoms in total. The summed E-state index contributed by atoms with van der Waals surface area (Å²) < 4.78 is 52.3. The summed E-state index contributed by atoms with van der Waals surface area (Å²) in [6, 6.07) is 3.29. The standard InChI is InChI=1S/C19H27N5O5S3/c1-6-24(7-2)32(27,28)18-14(25)12(11-30-18)20-16-17(23-31(26)22-16)21-15(19(3,4)5)13-9-8-10-29-13/h8-11,15,25H,6-7H2,1-5H3,(H,20,22)(H,21,23)/t15-,31?/m0/s1. The molecule has 1 unspecified atom stereocenters. The van der Waals surface area contributed by atoms with Gasteiger partial charge in [-0.2, -0.15) is 4.31 Å². The molecule has 0 aliphatic carbocycles. The van der Waals surface area contributed by atoms with Gasteiger partial charge in [0.2, 0.25) is 11.6 Å². The molecule has 0 spiro atoms. The summed E-state index contributed by atoms with van der Waals surface area (Å²) in [4.78, 5) is 0. The maximum absolute atomic E-state index is 12.8. The Balaban J connectivity index is 1.92. The molecule has 176 valence electrons. The van der Waals surface area contributed by atoms with Crippen molar-refractivity contribution in [1.82, 2.24) is 13.1 Å². The predicted octanol–water partition coefficient (Wildman–Crippen LogP) is 4.54. The molecule has 0 radical (unpaired) electrons. The lowest BCUT2D eigenvalue weighted by molar-refractivity contribution is 0.304. The van der Waals surface area contributed by atoms with Crippen molar-refractivity contribution < 1.29 is 22.5 Å². The topological polar surface area (TPSA) is 144 Å². The van der Waals surface area contributed by atoms with Gasteiger partial charge in [-0.3, -0.25) is 0 Å². The summed E-state index contributed by atoms with van der Waals surface area (Å²) in [6.45, 7) is 10.1. The second-order valence-electron chi connectivity index (χ2n) is 8.07. The SMILES string of the molecule is CCN(CC)S(=O)(=O)c1scc(Nc2n[s+]([O-])nc2N[C@@H](c2ccco2)C(C)(C)C)c1O. The first-order chi connectivity index (χ1) is 15.0. The van der Waals surface area contributed by atoms with Crippen LogP contribution in [0.5, 0.6) is 5.75 Å². The van der Waals surface area contributed by atoms with Crippen LogP contribution in [0.4, 0.5) is 17.3 Å². The van der Waals surface area contributed by atoms with Gasteiger partial charge in [-0.05, 0) is 17.5 Å². The summed E-state index contributed by atoms with van der Waals surface area (Å²) in [5.74, 6) is 0.602. The molecular weight excluding hydrogens is 474 g/mol. The first-order valence-electron chi connectivity index (χ1n) is 9.96. The number of aromatic hydroxyl groups is 1. The van der Waals surface area contributed by atoms with Crippen LogP contribution < -0.4 is 10.6 Å². The molecular formula is C19H27N5O5S3. The Labute approximate surface area is 194 Å². The summed E-state index contributed by atoms with van der Waals surface area (Å²) in [5.41, 5.74) is -0.149. The fraction of sp³-hybridized carbons (Fsp3) is 0.474. The van der Waals surface area contributed by atoms with Gasteiger partial charge in [0.1, 0.15) is 5.76 Å². The number of aromatic nitrogens is 2. The third kappa shape index (κ3) is 4.91. The molecule has 3 aromatic heterocycles. The largest absolute Gasteiger partial charge is 0.546 e. The van der Waals surface area contributed by atoms with Crippen molar-refractivity contribution in [2.45, 2.75) is 44.9 Å². The van der Waals surface area contributed by atoms with Gasteiger partial charge < -0.3 is 24.7 Å². The normalized spacial score (nSPS) is 14.0. The maximum atomic E-state index is 12.8. The zero-order chi connectivity index (χ0) is 23.7. The molecule has 3 N–H and O–H groups in total. The van der Waals surface area contributed by atoms with Gasteiger partial charge in [0.05, 0.1) is 18.0 Å². The summed E-state index contributed by atoms with van der Waals surface area (Å²) in [5, 5.41) is 18.2. The van der Waals surface area contributed by atoms with Crippen LogP contribution in [0.25, 0.3) is 0 Å². The fourth-order valence-electron chi connectivity index (χ4n) is 3.16. The van der Waals surface area contributed by atoms with Crippen LogP contribution in [0, 0.1) is 5.41 Å². The molecule has 0 amide bonds. The van der Waals surface area contributed by atoms with Crippen molar-refractivity contribution in [1.29, 1.82) is 0 Å². The molecule has 13 heteroatoms. The first-order valence-corrected chi connectivity index (χ1v) is 13.3. The maximum Gasteiger partial charge on any atom is 0.256 e. The van der Waals surface area contributed by atoms with Crippen molar-refractivity contribution in [3.63, 3.8) is 0 Å². The number of hydrogen-bond acceptors (Lipinski definition) is 10. The molecule has 32 heavy (non-hydrogen) atoms. The van der Waals surface area contributed by atoms with E-state index in [2.05, 4.69) is 19.4 Å². The highest BCUT2D eigenvalue weighted by atomic mass is 32.2. The van der Waals surface area contributed by atoms with Gasteiger partial charge in [-0.1, -0.05) is 34.6 Å². The van der Waals surface area contributed by atoms with E-state index in [1.165, 1.54) is 9.69 Å². The third-order valence-electron chi connectivity index (χ3n) is 4.80. The van der Waals surface area contributed by atoms with Crippen molar-refractivity contribution >= 4 is 49.8 Å². The number of anilines is 3. The minimum absolute atomic E-state index is 0.129. The van der Waals surface area contributed by atoms with Crippen LogP contribution in [-0.2, 0) is 10.0 Å². The first kappa shape index (κ1) is 24.5. The number of thiophene rings is 1. The van der Waals surface area contributed by atoms with Gasteiger partial charge in [-0.15, -0.1) is 11.3 Å². The van der Waals surface area contributed by atoms with Crippen molar-refractivity contribution in [3.05, 3.63) is 29.5 Å². The molecule has 0 aromatic carbocycles. The number of rotatable bonds is 9. The van der Waals surface area contributed by atoms with E-state index in [9.17, 15) is 18.1 Å². The van der Waals surface area contributed by atoms with Crippen LogP contribution in [0.15, 0.2) is 32.4 Å². The molecule has 0 aliphatic rings. The van der Waals surface area contributed by atoms with Crippen LogP contribution in [0.2, 0.25) is 0 Å².